The van der Waals surface area contributed by atoms with Crippen LogP contribution in [0.1, 0.15) is 10.4 Å². The van der Waals surface area contributed by atoms with E-state index < -0.39 is 5.91 Å². The van der Waals surface area contributed by atoms with E-state index in [2.05, 4.69) is 15.3 Å². The number of nitrogen functional groups attached to an aromatic ring is 1. The lowest BCUT2D eigenvalue weighted by Gasteiger charge is -2.06. The van der Waals surface area contributed by atoms with E-state index >= 15 is 0 Å². The highest BCUT2D eigenvalue weighted by atomic mass is 35.5. The Balaban J connectivity index is 0.00000162. The topological polar surface area (TPSA) is 107 Å². The molecule has 1 amide bonds. The molecule has 1 aromatic heterocycles. The quantitative estimate of drug-likeness (QED) is 0.776. The number of amides is 1. The highest BCUT2D eigenvalue weighted by Crippen LogP contribution is 2.15. The molecular formula is C11H12ClN5O. The molecule has 2 rings (SSSR count). The van der Waals surface area contributed by atoms with Gasteiger partial charge in [-0.25, -0.2) is 4.98 Å². The van der Waals surface area contributed by atoms with Crippen molar-refractivity contribution in [1.82, 2.24) is 9.97 Å². The summed E-state index contributed by atoms with van der Waals surface area (Å²) in [7, 11) is 0. The molecule has 2 aromatic rings. The van der Waals surface area contributed by atoms with Crippen LogP contribution in [0.15, 0.2) is 36.5 Å². The van der Waals surface area contributed by atoms with Crippen molar-refractivity contribution >= 4 is 35.8 Å². The van der Waals surface area contributed by atoms with Crippen LogP contribution < -0.4 is 16.8 Å². The number of rotatable bonds is 3. The Hall–Kier alpha value is -2.34. The number of nitrogens with two attached hydrogens (primary N) is 2. The van der Waals surface area contributed by atoms with E-state index in [1.807, 2.05) is 0 Å². The molecule has 0 unspecified atom stereocenters. The normalized spacial score (nSPS) is 9.33. The minimum atomic E-state index is -0.476. The van der Waals surface area contributed by atoms with Gasteiger partial charge in [-0.2, -0.15) is 4.98 Å². The number of nitrogens with zero attached hydrogens (tertiary/aromatic N) is 2. The average molecular weight is 266 g/mol. The molecule has 0 spiro atoms. The number of hydrogen-bond acceptors (Lipinski definition) is 5. The van der Waals surface area contributed by atoms with Gasteiger partial charge in [-0.05, 0) is 24.3 Å². The number of nitrogens with one attached hydrogen (secondary N) is 1. The minimum absolute atomic E-state index is 0. The fraction of sp³-hybridized carbons (Fsp3) is 0. The van der Waals surface area contributed by atoms with Gasteiger partial charge >= 0.3 is 0 Å². The minimum Gasteiger partial charge on any atom is -0.368 e. The lowest BCUT2D eigenvalue weighted by molar-refractivity contribution is 0.100. The summed E-state index contributed by atoms with van der Waals surface area (Å²) in [6, 6.07) is 8.48. The Kier molecular flexibility index (Phi) is 4.45. The second-order valence-corrected chi connectivity index (χ2v) is 3.37. The number of halogens is 1. The van der Waals surface area contributed by atoms with E-state index in [9.17, 15) is 4.79 Å². The van der Waals surface area contributed by atoms with Crippen molar-refractivity contribution in [3.05, 3.63) is 42.1 Å². The summed E-state index contributed by atoms with van der Waals surface area (Å²) in [5.74, 6) is 0.260. The van der Waals surface area contributed by atoms with Gasteiger partial charge < -0.3 is 16.8 Å². The van der Waals surface area contributed by atoms with E-state index in [4.69, 9.17) is 11.5 Å². The van der Waals surface area contributed by atoms with Gasteiger partial charge in [-0.3, -0.25) is 4.79 Å². The molecule has 0 atom stereocenters. The molecule has 0 aliphatic heterocycles. The van der Waals surface area contributed by atoms with Gasteiger partial charge in [0.05, 0.1) is 0 Å². The van der Waals surface area contributed by atoms with E-state index in [0.29, 0.717) is 17.1 Å². The molecule has 0 radical (unpaired) electrons. The van der Waals surface area contributed by atoms with E-state index in [-0.39, 0.29) is 18.4 Å². The third-order valence-electron chi connectivity index (χ3n) is 2.09. The molecule has 7 heteroatoms. The Morgan fingerprint density at radius 2 is 2.06 bits per heavy atom. The molecule has 6 nitrogen and oxygen atoms in total. The van der Waals surface area contributed by atoms with Crippen LogP contribution in [0.4, 0.5) is 17.5 Å². The molecule has 0 fully saturated rings. The van der Waals surface area contributed by atoms with Crippen molar-refractivity contribution in [2.75, 3.05) is 11.1 Å². The van der Waals surface area contributed by atoms with E-state index in [0.717, 1.165) is 0 Å². The molecule has 0 aliphatic carbocycles. The highest BCUT2D eigenvalue weighted by molar-refractivity contribution is 5.93. The van der Waals surface area contributed by atoms with Crippen molar-refractivity contribution in [3.63, 3.8) is 0 Å². The van der Waals surface area contributed by atoms with Gasteiger partial charge in [0.15, 0.2) is 0 Å². The van der Waals surface area contributed by atoms with Crippen LogP contribution in [0.25, 0.3) is 0 Å². The van der Waals surface area contributed by atoms with Gasteiger partial charge in [-0.15, -0.1) is 12.4 Å². The van der Waals surface area contributed by atoms with Crippen molar-refractivity contribution in [2.45, 2.75) is 0 Å². The molecule has 0 aliphatic rings. The molecule has 1 aromatic carbocycles. The molecular weight excluding hydrogens is 254 g/mol. The maximum absolute atomic E-state index is 11.0. The van der Waals surface area contributed by atoms with Crippen LogP contribution in [0.5, 0.6) is 0 Å². The van der Waals surface area contributed by atoms with Crippen LogP contribution in [-0.4, -0.2) is 15.9 Å². The third-order valence-corrected chi connectivity index (χ3v) is 2.09. The zero-order valence-corrected chi connectivity index (χ0v) is 10.1. The molecule has 0 saturated carbocycles. The van der Waals surface area contributed by atoms with Gasteiger partial charge in [0.2, 0.25) is 11.9 Å². The van der Waals surface area contributed by atoms with Gasteiger partial charge in [-0.1, -0.05) is 6.07 Å². The van der Waals surface area contributed by atoms with E-state index in [1.165, 1.54) is 0 Å². The lowest BCUT2D eigenvalue weighted by Crippen LogP contribution is -2.10. The summed E-state index contributed by atoms with van der Waals surface area (Å²) in [5, 5.41) is 3.00. The van der Waals surface area contributed by atoms with E-state index in [1.54, 1.807) is 36.5 Å². The van der Waals surface area contributed by atoms with Gasteiger partial charge in [0, 0.05) is 17.4 Å². The lowest BCUT2D eigenvalue weighted by atomic mass is 10.2. The molecule has 94 valence electrons. The Morgan fingerprint density at radius 1 is 1.28 bits per heavy atom. The van der Waals surface area contributed by atoms with Crippen molar-refractivity contribution < 1.29 is 4.79 Å². The highest BCUT2D eigenvalue weighted by Gasteiger charge is 2.02. The second kappa shape index (κ2) is 5.83. The zero-order valence-electron chi connectivity index (χ0n) is 9.33. The smallest absolute Gasteiger partial charge is 0.248 e. The van der Waals surface area contributed by atoms with Crippen LogP contribution in [-0.2, 0) is 0 Å². The second-order valence-electron chi connectivity index (χ2n) is 3.37. The first-order chi connectivity index (χ1) is 8.15. The monoisotopic (exact) mass is 265 g/mol. The molecule has 1 heterocycles. The first-order valence-corrected chi connectivity index (χ1v) is 4.90. The molecule has 0 bridgehead atoms. The van der Waals surface area contributed by atoms with Crippen LogP contribution in [0, 0.1) is 0 Å². The fourth-order valence-corrected chi connectivity index (χ4v) is 1.34. The van der Waals surface area contributed by atoms with Crippen LogP contribution >= 0.6 is 12.4 Å². The van der Waals surface area contributed by atoms with Gasteiger partial charge in [0.25, 0.3) is 0 Å². The zero-order chi connectivity index (χ0) is 12.3. The average Bonchev–Trinajstić information content (AvgIpc) is 2.29. The Morgan fingerprint density at radius 3 is 2.72 bits per heavy atom. The number of aromatic nitrogens is 2. The number of carbonyl (C=O) groups excluding carboxylic acids is 1. The predicted octanol–water partition coefficient (Wildman–Crippen LogP) is 1.32. The molecule has 5 N–H and O–H groups in total. The SMILES string of the molecule is Cl.NC(=O)c1cccc(Nc2ccnc(N)n2)c1. The Bertz CT molecular complexity index is 561. The molecule has 18 heavy (non-hydrogen) atoms. The maximum Gasteiger partial charge on any atom is 0.248 e. The predicted molar refractivity (Wildman–Crippen MR) is 71.9 cm³/mol. The summed E-state index contributed by atoms with van der Waals surface area (Å²) in [5.41, 5.74) is 11.8. The van der Waals surface area contributed by atoms with Crippen molar-refractivity contribution in [3.8, 4) is 0 Å². The number of hydrogen-bond donors (Lipinski definition) is 3. The summed E-state index contributed by atoms with van der Waals surface area (Å²) >= 11 is 0. The number of primary amides is 1. The number of benzene rings is 1. The number of carbonyl (C=O) groups is 1. The largest absolute Gasteiger partial charge is 0.368 e. The fourth-order valence-electron chi connectivity index (χ4n) is 1.34. The third kappa shape index (κ3) is 3.33. The van der Waals surface area contributed by atoms with Crippen LogP contribution in [0.3, 0.4) is 0 Å². The first kappa shape index (κ1) is 13.7. The molecule has 0 saturated heterocycles. The number of anilines is 3. The summed E-state index contributed by atoms with van der Waals surface area (Å²) in [6.07, 6.45) is 1.54. The summed E-state index contributed by atoms with van der Waals surface area (Å²) in [4.78, 5) is 18.8. The summed E-state index contributed by atoms with van der Waals surface area (Å²) in [6.45, 7) is 0. The van der Waals surface area contributed by atoms with Crippen LogP contribution in [0.2, 0.25) is 0 Å². The maximum atomic E-state index is 11.0. The standard InChI is InChI=1S/C11H11N5O.ClH/c12-10(17)7-2-1-3-8(6-7)15-9-4-5-14-11(13)16-9;/h1-6H,(H2,12,17)(H3,13,14,15,16);1H. The Labute approximate surface area is 110 Å². The van der Waals surface area contributed by atoms with Gasteiger partial charge in [0.1, 0.15) is 5.82 Å². The van der Waals surface area contributed by atoms with Crippen molar-refractivity contribution in [1.29, 1.82) is 0 Å². The first-order valence-electron chi connectivity index (χ1n) is 4.90. The van der Waals surface area contributed by atoms with Crippen molar-refractivity contribution in [2.24, 2.45) is 5.73 Å². The summed E-state index contributed by atoms with van der Waals surface area (Å²) < 4.78 is 0.